The van der Waals surface area contributed by atoms with Crippen LogP contribution in [0.5, 0.6) is 0 Å². The number of amides is 1. The molecule has 0 aliphatic heterocycles. The molecule has 9 heteroatoms. The number of carbonyl (C=O) groups excluding carboxylic acids is 2. The van der Waals surface area contributed by atoms with E-state index < -0.39 is 34.3 Å². The highest BCUT2D eigenvalue weighted by Crippen LogP contribution is 2.19. The third-order valence-electron chi connectivity index (χ3n) is 4.12. The Labute approximate surface area is 169 Å². The Bertz CT molecular complexity index is 974. The minimum atomic E-state index is -3.66. The van der Waals surface area contributed by atoms with E-state index in [1.807, 2.05) is 0 Å². The first-order chi connectivity index (χ1) is 13.8. The van der Waals surface area contributed by atoms with Gasteiger partial charge in [0.15, 0.2) is 6.61 Å². The van der Waals surface area contributed by atoms with Crippen LogP contribution in [0.1, 0.15) is 19.4 Å². The average molecular weight is 422 g/mol. The van der Waals surface area contributed by atoms with E-state index in [0.29, 0.717) is 13.1 Å². The normalized spacial score (nSPS) is 11.3. The second-order valence-corrected chi connectivity index (χ2v) is 8.03. The summed E-state index contributed by atoms with van der Waals surface area (Å²) in [5.41, 5.74) is 0.431. The lowest BCUT2D eigenvalue weighted by Crippen LogP contribution is -2.30. The number of hydrogen-bond donors (Lipinski definition) is 1. The van der Waals surface area contributed by atoms with Crippen LogP contribution in [0.2, 0.25) is 0 Å². The molecule has 0 atom stereocenters. The fraction of sp³-hybridized carbons (Fsp3) is 0.300. The number of halogens is 1. The van der Waals surface area contributed by atoms with Gasteiger partial charge >= 0.3 is 5.97 Å². The van der Waals surface area contributed by atoms with Crippen molar-refractivity contribution < 1.29 is 27.1 Å². The third-order valence-corrected chi connectivity index (χ3v) is 6.16. The molecule has 0 fully saturated rings. The fourth-order valence-corrected chi connectivity index (χ4v) is 4.14. The van der Waals surface area contributed by atoms with E-state index in [9.17, 15) is 22.4 Å². The van der Waals surface area contributed by atoms with Crippen LogP contribution < -0.4 is 5.32 Å². The molecule has 156 valence electrons. The van der Waals surface area contributed by atoms with Crippen molar-refractivity contribution in [1.82, 2.24) is 4.31 Å². The molecule has 2 aromatic carbocycles. The van der Waals surface area contributed by atoms with E-state index in [2.05, 4.69) is 5.32 Å². The molecule has 1 N–H and O–H groups in total. The van der Waals surface area contributed by atoms with Crippen LogP contribution in [0.4, 0.5) is 10.1 Å². The number of sulfonamides is 1. The molecule has 0 saturated heterocycles. The molecule has 0 heterocycles. The summed E-state index contributed by atoms with van der Waals surface area (Å²) >= 11 is 0. The number of nitrogens with zero attached hydrogens (tertiary/aromatic N) is 1. The molecule has 0 aliphatic carbocycles. The van der Waals surface area contributed by atoms with Crippen LogP contribution in [0, 0.1) is 5.82 Å². The molecular formula is C20H23FN2O5S. The SMILES string of the molecule is CCN(CC)S(=O)(=O)c1cccc(NC(=O)COC(=O)Cc2ccccc2F)c1. The highest BCUT2D eigenvalue weighted by Gasteiger charge is 2.22. The van der Waals surface area contributed by atoms with Gasteiger partial charge in [-0.1, -0.05) is 38.1 Å². The Hall–Kier alpha value is -2.78. The van der Waals surface area contributed by atoms with Crippen molar-refractivity contribution in [3.63, 3.8) is 0 Å². The minimum Gasteiger partial charge on any atom is -0.455 e. The summed E-state index contributed by atoms with van der Waals surface area (Å²) in [6.45, 7) is 3.56. The largest absolute Gasteiger partial charge is 0.455 e. The number of nitrogens with one attached hydrogen (secondary N) is 1. The lowest BCUT2D eigenvalue weighted by atomic mass is 10.1. The quantitative estimate of drug-likeness (QED) is 0.627. The highest BCUT2D eigenvalue weighted by atomic mass is 32.2. The molecule has 0 spiro atoms. The first-order valence-electron chi connectivity index (χ1n) is 9.07. The number of carbonyl (C=O) groups is 2. The van der Waals surface area contributed by atoms with E-state index >= 15 is 0 Å². The summed E-state index contributed by atoms with van der Waals surface area (Å²) in [6.07, 6.45) is -0.294. The molecule has 2 aromatic rings. The number of ether oxygens (including phenoxy) is 1. The van der Waals surface area contributed by atoms with E-state index in [1.54, 1.807) is 19.9 Å². The summed E-state index contributed by atoms with van der Waals surface area (Å²) < 4.78 is 44.8. The smallest absolute Gasteiger partial charge is 0.310 e. The minimum absolute atomic E-state index is 0.0514. The molecule has 0 saturated carbocycles. The van der Waals surface area contributed by atoms with E-state index in [1.165, 1.54) is 46.8 Å². The molecule has 0 bridgehead atoms. The molecule has 7 nitrogen and oxygen atoms in total. The fourth-order valence-electron chi connectivity index (χ4n) is 2.64. The van der Waals surface area contributed by atoms with Gasteiger partial charge in [-0.2, -0.15) is 4.31 Å². The van der Waals surface area contributed by atoms with Crippen molar-refractivity contribution >= 4 is 27.6 Å². The molecule has 1 amide bonds. The van der Waals surface area contributed by atoms with Gasteiger partial charge in [-0.25, -0.2) is 12.8 Å². The van der Waals surface area contributed by atoms with Gasteiger partial charge in [-0.15, -0.1) is 0 Å². The highest BCUT2D eigenvalue weighted by molar-refractivity contribution is 7.89. The molecule has 0 unspecified atom stereocenters. The number of esters is 1. The summed E-state index contributed by atoms with van der Waals surface area (Å²) in [6, 6.07) is 11.6. The zero-order valence-electron chi connectivity index (χ0n) is 16.2. The summed E-state index contributed by atoms with van der Waals surface area (Å²) in [5.74, 6) is -1.91. The van der Waals surface area contributed by atoms with Crippen molar-refractivity contribution in [3.8, 4) is 0 Å². The molecule has 29 heavy (non-hydrogen) atoms. The van der Waals surface area contributed by atoms with Crippen molar-refractivity contribution in [1.29, 1.82) is 0 Å². The molecule has 2 rings (SSSR count). The standard InChI is InChI=1S/C20H23FN2O5S/c1-3-23(4-2)29(26,27)17-10-7-9-16(13-17)22-19(24)14-28-20(25)12-15-8-5-6-11-18(15)21/h5-11,13H,3-4,12,14H2,1-2H3,(H,22,24). The second-order valence-electron chi connectivity index (χ2n) is 6.09. The van der Waals surface area contributed by atoms with Gasteiger partial charge in [-0.05, 0) is 29.8 Å². The topological polar surface area (TPSA) is 92.8 Å². The lowest BCUT2D eigenvalue weighted by Gasteiger charge is -2.18. The summed E-state index contributed by atoms with van der Waals surface area (Å²) in [5, 5.41) is 2.49. The average Bonchev–Trinajstić information content (AvgIpc) is 2.69. The van der Waals surface area contributed by atoms with E-state index in [-0.39, 0.29) is 22.6 Å². The van der Waals surface area contributed by atoms with E-state index in [4.69, 9.17) is 4.74 Å². The first-order valence-corrected chi connectivity index (χ1v) is 10.5. The predicted octanol–water partition coefficient (Wildman–Crippen LogP) is 2.58. The molecule has 0 radical (unpaired) electrons. The molecule has 0 aromatic heterocycles. The van der Waals surface area contributed by atoms with Crippen LogP contribution in [-0.2, 0) is 30.8 Å². The van der Waals surface area contributed by atoms with Gasteiger partial charge in [0.1, 0.15) is 5.82 Å². The Balaban J connectivity index is 1.96. The van der Waals surface area contributed by atoms with Crippen LogP contribution in [-0.4, -0.2) is 44.3 Å². The van der Waals surface area contributed by atoms with Crippen molar-refractivity contribution in [2.24, 2.45) is 0 Å². The monoisotopic (exact) mass is 422 g/mol. The number of hydrogen-bond acceptors (Lipinski definition) is 5. The number of benzene rings is 2. The Kier molecular flexibility index (Phi) is 7.86. The zero-order valence-corrected chi connectivity index (χ0v) is 17.0. The van der Waals surface area contributed by atoms with Crippen LogP contribution in [0.25, 0.3) is 0 Å². The second kappa shape index (κ2) is 10.1. The van der Waals surface area contributed by atoms with Crippen molar-refractivity contribution in [2.45, 2.75) is 25.2 Å². The first kappa shape index (κ1) is 22.5. The maximum absolute atomic E-state index is 13.5. The van der Waals surface area contributed by atoms with Gasteiger partial charge in [0.2, 0.25) is 10.0 Å². The Morgan fingerprint density at radius 2 is 1.76 bits per heavy atom. The van der Waals surface area contributed by atoms with Crippen LogP contribution >= 0.6 is 0 Å². The number of anilines is 1. The summed E-state index contributed by atoms with van der Waals surface area (Å²) in [4.78, 5) is 23.9. The van der Waals surface area contributed by atoms with Crippen LogP contribution in [0.3, 0.4) is 0 Å². The Morgan fingerprint density at radius 1 is 1.07 bits per heavy atom. The summed E-state index contributed by atoms with van der Waals surface area (Å²) in [7, 11) is -3.66. The number of rotatable bonds is 9. The van der Waals surface area contributed by atoms with Crippen LogP contribution in [0.15, 0.2) is 53.4 Å². The zero-order chi connectivity index (χ0) is 21.4. The van der Waals surface area contributed by atoms with Gasteiger partial charge in [0.05, 0.1) is 11.3 Å². The maximum Gasteiger partial charge on any atom is 0.310 e. The van der Waals surface area contributed by atoms with Crippen molar-refractivity contribution in [3.05, 3.63) is 59.9 Å². The van der Waals surface area contributed by atoms with Gasteiger partial charge in [0, 0.05) is 18.8 Å². The van der Waals surface area contributed by atoms with Crippen molar-refractivity contribution in [2.75, 3.05) is 25.0 Å². The van der Waals surface area contributed by atoms with Gasteiger partial charge in [0.25, 0.3) is 5.91 Å². The maximum atomic E-state index is 13.5. The van der Waals surface area contributed by atoms with Gasteiger partial charge < -0.3 is 10.1 Å². The molecular weight excluding hydrogens is 399 g/mol. The predicted molar refractivity (Wildman–Crippen MR) is 106 cm³/mol. The van der Waals surface area contributed by atoms with E-state index in [0.717, 1.165) is 0 Å². The molecule has 0 aliphatic rings. The van der Waals surface area contributed by atoms with Gasteiger partial charge in [-0.3, -0.25) is 9.59 Å². The third kappa shape index (κ3) is 6.10. The Morgan fingerprint density at radius 3 is 2.41 bits per heavy atom. The lowest BCUT2D eigenvalue weighted by molar-refractivity contribution is -0.146.